The first-order valence-electron chi connectivity index (χ1n) is 8.31. The van der Waals surface area contributed by atoms with Crippen LogP contribution in [-0.2, 0) is 28.9 Å². The minimum Gasteiger partial charge on any atom is -0.480 e. The van der Waals surface area contributed by atoms with Gasteiger partial charge in [0.05, 0.1) is 11.0 Å². The van der Waals surface area contributed by atoms with Crippen LogP contribution in [0.25, 0.3) is 11.0 Å². The Morgan fingerprint density at radius 3 is 2.32 bits per heavy atom. The number of carbonyl (C=O) groups is 2. The summed E-state index contributed by atoms with van der Waals surface area (Å²) in [6, 6.07) is 14.6. The number of aromatic nitrogens is 2. The van der Waals surface area contributed by atoms with Crippen LogP contribution >= 0.6 is 0 Å². The van der Waals surface area contributed by atoms with E-state index in [-0.39, 0.29) is 17.6 Å². The van der Waals surface area contributed by atoms with Crippen molar-refractivity contribution in [2.45, 2.75) is 19.3 Å². The van der Waals surface area contributed by atoms with Crippen molar-refractivity contribution >= 4 is 22.9 Å². The van der Waals surface area contributed by atoms with E-state index in [1.165, 1.54) is 12.1 Å². The van der Waals surface area contributed by atoms with Gasteiger partial charge in [-0.25, -0.2) is 4.98 Å². The van der Waals surface area contributed by atoms with Crippen LogP contribution in [0.1, 0.15) is 11.4 Å². The first kappa shape index (κ1) is 19.4. The molecule has 1 heterocycles. The van der Waals surface area contributed by atoms with E-state index in [4.69, 9.17) is 5.11 Å². The zero-order valence-corrected chi connectivity index (χ0v) is 14.6. The highest BCUT2D eigenvalue weighted by molar-refractivity contribution is 5.83. The van der Waals surface area contributed by atoms with E-state index in [2.05, 4.69) is 4.98 Å². The minimum atomic E-state index is -4.75. The lowest BCUT2D eigenvalue weighted by Gasteiger charge is -2.22. The molecular formula is C19H16F3N3O3. The van der Waals surface area contributed by atoms with Gasteiger partial charge in [0.25, 0.3) is 0 Å². The highest BCUT2D eigenvalue weighted by atomic mass is 19.4. The number of carboxylic acids is 1. The highest BCUT2D eigenvalue weighted by Gasteiger charge is 2.38. The highest BCUT2D eigenvalue weighted by Crippen LogP contribution is 2.31. The van der Waals surface area contributed by atoms with Crippen molar-refractivity contribution in [2.24, 2.45) is 0 Å². The van der Waals surface area contributed by atoms with E-state index < -0.39 is 37.0 Å². The molecule has 28 heavy (non-hydrogen) atoms. The largest absolute Gasteiger partial charge is 0.480 e. The lowest BCUT2D eigenvalue weighted by Crippen LogP contribution is -2.38. The lowest BCUT2D eigenvalue weighted by molar-refractivity contribution is -0.150. The van der Waals surface area contributed by atoms with Gasteiger partial charge in [0.15, 0.2) is 0 Å². The zero-order chi connectivity index (χ0) is 20.3. The number of benzene rings is 2. The molecule has 0 bridgehead atoms. The van der Waals surface area contributed by atoms with Gasteiger partial charge in [0, 0.05) is 6.54 Å². The number of hydrogen-bond donors (Lipinski definition) is 1. The molecular weight excluding hydrogens is 375 g/mol. The summed E-state index contributed by atoms with van der Waals surface area (Å²) in [5.41, 5.74) is 0.928. The van der Waals surface area contributed by atoms with Crippen molar-refractivity contribution in [1.82, 2.24) is 14.5 Å². The molecule has 0 atom stereocenters. The number of alkyl halides is 3. The number of halogens is 3. The molecule has 0 aliphatic heterocycles. The summed E-state index contributed by atoms with van der Waals surface area (Å²) >= 11 is 0. The average Bonchev–Trinajstić information content (AvgIpc) is 3.01. The summed E-state index contributed by atoms with van der Waals surface area (Å²) < 4.78 is 41.0. The predicted octanol–water partition coefficient (Wildman–Crippen LogP) is 3.17. The second kappa shape index (κ2) is 7.71. The van der Waals surface area contributed by atoms with Gasteiger partial charge in [-0.15, -0.1) is 0 Å². The van der Waals surface area contributed by atoms with E-state index in [0.717, 1.165) is 9.47 Å². The fourth-order valence-corrected chi connectivity index (χ4v) is 2.89. The molecule has 0 unspecified atom stereocenters. The van der Waals surface area contributed by atoms with Crippen LogP contribution in [0.15, 0.2) is 54.6 Å². The van der Waals surface area contributed by atoms with Gasteiger partial charge in [-0.05, 0) is 17.7 Å². The molecule has 146 valence electrons. The number of aliphatic carboxylic acids is 1. The minimum absolute atomic E-state index is 0.0278. The third kappa shape index (κ3) is 4.30. The predicted molar refractivity (Wildman–Crippen MR) is 94.2 cm³/mol. The molecule has 0 spiro atoms. The van der Waals surface area contributed by atoms with Crippen molar-refractivity contribution in [1.29, 1.82) is 0 Å². The van der Waals surface area contributed by atoms with Crippen LogP contribution in [0.5, 0.6) is 0 Å². The molecule has 1 amide bonds. The van der Waals surface area contributed by atoms with Gasteiger partial charge in [-0.2, -0.15) is 13.2 Å². The number of rotatable bonds is 6. The van der Waals surface area contributed by atoms with Crippen LogP contribution in [0.2, 0.25) is 0 Å². The van der Waals surface area contributed by atoms with E-state index in [0.29, 0.717) is 5.56 Å². The zero-order valence-electron chi connectivity index (χ0n) is 14.6. The number of carbonyl (C=O) groups excluding carboxylic acids is 1. The quantitative estimate of drug-likeness (QED) is 0.700. The number of nitrogens with zero attached hydrogens (tertiary/aromatic N) is 3. The number of imidazole rings is 1. The van der Waals surface area contributed by atoms with Crippen molar-refractivity contribution in [3.63, 3.8) is 0 Å². The van der Waals surface area contributed by atoms with Crippen LogP contribution in [-0.4, -0.2) is 38.0 Å². The van der Waals surface area contributed by atoms with Gasteiger partial charge in [-0.1, -0.05) is 42.5 Å². The number of fused-ring (bicyclic) bond motifs is 1. The first-order valence-corrected chi connectivity index (χ1v) is 8.31. The standard InChI is InChI=1S/C19H16F3N3O3/c20-19(21,22)18-23-14-8-4-5-9-15(14)25(18)11-16(26)24(12-17(27)28)10-13-6-2-1-3-7-13/h1-9H,10-12H2,(H,27,28). The monoisotopic (exact) mass is 391 g/mol. The smallest absolute Gasteiger partial charge is 0.449 e. The molecule has 0 aliphatic carbocycles. The lowest BCUT2D eigenvalue weighted by atomic mass is 10.2. The van der Waals surface area contributed by atoms with Gasteiger partial charge >= 0.3 is 12.1 Å². The van der Waals surface area contributed by atoms with Crippen molar-refractivity contribution in [3.8, 4) is 0 Å². The maximum atomic E-state index is 13.4. The van der Waals surface area contributed by atoms with Crippen LogP contribution in [0.4, 0.5) is 13.2 Å². The molecule has 1 N–H and O–H groups in total. The summed E-state index contributed by atoms with van der Waals surface area (Å²) in [5.74, 6) is -3.20. The average molecular weight is 391 g/mol. The van der Waals surface area contributed by atoms with Crippen LogP contribution in [0.3, 0.4) is 0 Å². The molecule has 1 aromatic heterocycles. The van der Waals surface area contributed by atoms with Crippen molar-refractivity contribution < 1.29 is 27.9 Å². The molecule has 2 aromatic carbocycles. The molecule has 0 saturated carbocycles. The Bertz CT molecular complexity index is 1000. The van der Waals surface area contributed by atoms with E-state index in [9.17, 15) is 22.8 Å². The molecule has 3 aromatic rings. The summed E-state index contributed by atoms with van der Waals surface area (Å²) in [7, 11) is 0. The summed E-state index contributed by atoms with van der Waals surface area (Å²) in [4.78, 5) is 28.5. The molecule has 0 saturated heterocycles. The SMILES string of the molecule is O=C(O)CN(Cc1ccccc1)C(=O)Cn1c(C(F)(F)F)nc2ccccc21. The molecule has 3 rings (SSSR count). The Morgan fingerprint density at radius 2 is 1.68 bits per heavy atom. The Morgan fingerprint density at radius 1 is 1.04 bits per heavy atom. The van der Waals surface area contributed by atoms with Gasteiger partial charge in [0.2, 0.25) is 11.7 Å². The summed E-state index contributed by atoms with van der Waals surface area (Å²) in [6.07, 6.45) is -4.75. The maximum Gasteiger partial charge on any atom is 0.449 e. The Labute approximate surface area is 157 Å². The second-order valence-electron chi connectivity index (χ2n) is 6.14. The molecule has 0 radical (unpaired) electrons. The number of amides is 1. The number of carboxylic acid groups (broad SMARTS) is 1. The van der Waals surface area contributed by atoms with Gasteiger partial charge in [0.1, 0.15) is 13.1 Å². The Hall–Kier alpha value is -3.36. The molecule has 0 fully saturated rings. The maximum absolute atomic E-state index is 13.4. The fraction of sp³-hybridized carbons (Fsp3) is 0.211. The molecule has 9 heteroatoms. The topological polar surface area (TPSA) is 75.4 Å². The van der Waals surface area contributed by atoms with E-state index in [1.807, 2.05) is 0 Å². The van der Waals surface area contributed by atoms with Crippen LogP contribution < -0.4 is 0 Å². The summed E-state index contributed by atoms with van der Waals surface area (Å²) in [6.45, 7) is -1.32. The Balaban J connectivity index is 1.94. The fourth-order valence-electron chi connectivity index (χ4n) is 2.89. The third-order valence-corrected chi connectivity index (χ3v) is 4.10. The first-order chi connectivity index (χ1) is 13.3. The van der Waals surface area contributed by atoms with E-state index >= 15 is 0 Å². The van der Waals surface area contributed by atoms with Crippen molar-refractivity contribution in [3.05, 3.63) is 66.0 Å². The van der Waals surface area contributed by atoms with Gasteiger partial charge < -0.3 is 14.6 Å². The normalized spacial score (nSPS) is 11.5. The van der Waals surface area contributed by atoms with Crippen LogP contribution in [0, 0.1) is 0 Å². The second-order valence-corrected chi connectivity index (χ2v) is 6.14. The summed E-state index contributed by atoms with van der Waals surface area (Å²) in [5, 5.41) is 9.10. The van der Waals surface area contributed by atoms with E-state index in [1.54, 1.807) is 42.5 Å². The Kier molecular flexibility index (Phi) is 5.34. The molecule has 0 aliphatic rings. The molecule has 6 nitrogen and oxygen atoms in total. The van der Waals surface area contributed by atoms with Crippen molar-refractivity contribution in [2.75, 3.05) is 6.54 Å². The number of para-hydroxylation sites is 2. The number of hydrogen-bond acceptors (Lipinski definition) is 3. The van der Waals surface area contributed by atoms with Gasteiger partial charge in [-0.3, -0.25) is 9.59 Å². The third-order valence-electron chi connectivity index (χ3n) is 4.10.